The molecule has 0 aromatic carbocycles. The maximum atomic E-state index is 12.9. The predicted molar refractivity (Wildman–Crippen MR) is 72.6 cm³/mol. The third-order valence-corrected chi connectivity index (χ3v) is 6.57. The quantitative estimate of drug-likeness (QED) is 0.848. The van der Waals surface area contributed by atoms with Crippen molar-refractivity contribution < 1.29 is 31.5 Å². The van der Waals surface area contributed by atoms with E-state index >= 15 is 0 Å². The van der Waals surface area contributed by atoms with Gasteiger partial charge in [0, 0.05) is 13.1 Å². The lowest BCUT2D eigenvalue weighted by Gasteiger charge is -2.24. The monoisotopic (exact) mass is 343 g/mol. The van der Waals surface area contributed by atoms with Crippen LogP contribution in [0.2, 0.25) is 0 Å². The minimum atomic E-state index is -4.71. The molecule has 9 heteroatoms. The van der Waals surface area contributed by atoms with Gasteiger partial charge in [0.15, 0.2) is 0 Å². The molecule has 0 unspecified atom stereocenters. The number of hydrogen-bond donors (Lipinski definition) is 1. The zero-order valence-corrected chi connectivity index (χ0v) is 12.9. The van der Waals surface area contributed by atoms with Gasteiger partial charge < -0.3 is 5.11 Å². The van der Waals surface area contributed by atoms with E-state index in [1.807, 2.05) is 0 Å². The molecule has 0 amide bonds. The number of nitrogens with zero attached hydrogens (tertiary/aromatic N) is 1. The minimum absolute atomic E-state index is 0.0352. The number of alkyl halides is 3. The summed E-state index contributed by atoms with van der Waals surface area (Å²) in [5, 5.41) is 8.93. The average Bonchev–Trinajstić information content (AvgIpc) is 2.85. The Hall–Kier alpha value is -0.830. The second-order valence-corrected chi connectivity index (χ2v) is 8.21. The molecule has 1 aliphatic carbocycles. The lowest BCUT2D eigenvalue weighted by Crippen LogP contribution is -2.35. The number of hydrogen-bond acceptors (Lipinski definition) is 3. The first-order chi connectivity index (χ1) is 10.1. The second kappa shape index (κ2) is 6.35. The normalized spacial score (nSPS) is 28.9. The van der Waals surface area contributed by atoms with Crippen LogP contribution in [0.5, 0.6) is 0 Å². The van der Waals surface area contributed by atoms with E-state index in [9.17, 15) is 26.4 Å². The summed E-state index contributed by atoms with van der Waals surface area (Å²) < 4.78 is 64.1. The molecule has 0 spiro atoms. The van der Waals surface area contributed by atoms with Gasteiger partial charge in [-0.05, 0) is 18.8 Å². The molecule has 1 aliphatic heterocycles. The molecular formula is C13H20F3NO4S. The van der Waals surface area contributed by atoms with Crippen molar-refractivity contribution in [2.75, 3.05) is 18.8 Å². The molecule has 1 saturated carbocycles. The molecule has 1 N–H and O–H groups in total. The fourth-order valence-electron chi connectivity index (χ4n) is 3.33. The number of aliphatic carboxylic acids is 1. The summed E-state index contributed by atoms with van der Waals surface area (Å²) in [6.07, 6.45) is -0.266. The number of halogens is 3. The number of carboxylic acids is 1. The molecule has 2 fully saturated rings. The van der Waals surface area contributed by atoms with Crippen LogP contribution in [0.3, 0.4) is 0 Å². The summed E-state index contributed by atoms with van der Waals surface area (Å²) in [6, 6.07) is 0. The van der Waals surface area contributed by atoms with Gasteiger partial charge in [-0.15, -0.1) is 0 Å². The van der Waals surface area contributed by atoms with E-state index in [2.05, 4.69) is 0 Å². The Morgan fingerprint density at radius 1 is 1.14 bits per heavy atom. The Morgan fingerprint density at radius 3 is 2.18 bits per heavy atom. The summed E-state index contributed by atoms with van der Waals surface area (Å²) in [7, 11) is -3.85. The molecule has 0 radical (unpaired) electrons. The maximum Gasteiger partial charge on any atom is 0.393 e. The highest BCUT2D eigenvalue weighted by molar-refractivity contribution is 7.89. The fourth-order valence-corrected chi connectivity index (χ4v) is 5.25. The van der Waals surface area contributed by atoms with E-state index in [1.54, 1.807) is 0 Å². The van der Waals surface area contributed by atoms with Crippen LogP contribution in [0.25, 0.3) is 0 Å². The number of sulfonamides is 1. The number of rotatable bonds is 4. The molecule has 2 rings (SSSR count). The van der Waals surface area contributed by atoms with Crippen molar-refractivity contribution in [3.8, 4) is 0 Å². The fraction of sp³-hybridized carbons (Fsp3) is 0.923. The Labute approximate surface area is 127 Å². The van der Waals surface area contributed by atoms with E-state index in [-0.39, 0.29) is 11.7 Å². The van der Waals surface area contributed by atoms with Gasteiger partial charge >= 0.3 is 12.1 Å². The summed E-state index contributed by atoms with van der Waals surface area (Å²) in [6.45, 7) is -1.37. The Bertz CT molecular complexity index is 514. The van der Waals surface area contributed by atoms with Crippen molar-refractivity contribution in [3.05, 3.63) is 0 Å². The summed E-state index contributed by atoms with van der Waals surface area (Å²) in [4.78, 5) is 11.0. The Kier molecular flexibility index (Phi) is 5.06. The first-order valence-corrected chi connectivity index (χ1v) is 8.99. The van der Waals surface area contributed by atoms with Crippen LogP contribution in [0, 0.1) is 17.8 Å². The Morgan fingerprint density at radius 2 is 1.73 bits per heavy atom. The molecule has 5 nitrogen and oxygen atoms in total. The second-order valence-electron chi connectivity index (χ2n) is 6.19. The van der Waals surface area contributed by atoms with Gasteiger partial charge in [-0.3, -0.25) is 4.79 Å². The van der Waals surface area contributed by atoms with Crippen LogP contribution in [0.1, 0.15) is 32.1 Å². The van der Waals surface area contributed by atoms with E-state index in [4.69, 9.17) is 5.11 Å². The molecule has 2 aliphatic rings. The third-order valence-electron chi connectivity index (χ3n) is 4.59. The average molecular weight is 343 g/mol. The maximum absolute atomic E-state index is 12.9. The molecule has 0 aromatic rings. The first-order valence-electron chi connectivity index (χ1n) is 7.38. The van der Waals surface area contributed by atoms with E-state index in [0.717, 1.165) is 36.4 Å². The SMILES string of the molecule is O=C(O)[C@@H]1CN(S(=O)(=O)CC2CCCCC2)C[C@H]1C(F)(F)F. The zero-order valence-electron chi connectivity index (χ0n) is 12.1. The van der Waals surface area contributed by atoms with Crippen molar-refractivity contribution >= 4 is 16.0 Å². The molecule has 0 bridgehead atoms. The molecule has 0 aromatic heterocycles. The van der Waals surface area contributed by atoms with Crippen LogP contribution in [-0.2, 0) is 14.8 Å². The van der Waals surface area contributed by atoms with Gasteiger partial charge in [-0.2, -0.15) is 13.2 Å². The van der Waals surface area contributed by atoms with Crippen molar-refractivity contribution in [2.24, 2.45) is 17.8 Å². The smallest absolute Gasteiger partial charge is 0.393 e. The molecular weight excluding hydrogens is 323 g/mol. The summed E-state index contributed by atoms with van der Waals surface area (Å²) in [5.74, 6) is -5.67. The zero-order chi connectivity index (χ0) is 16.5. The largest absolute Gasteiger partial charge is 0.481 e. The number of carboxylic acid groups (broad SMARTS) is 1. The van der Waals surface area contributed by atoms with Crippen LogP contribution in [0.4, 0.5) is 13.2 Å². The number of carbonyl (C=O) groups is 1. The van der Waals surface area contributed by atoms with E-state index < -0.39 is 47.1 Å². The van der Waals surface area contributed by atoms with E-state index in [0.29, 0.717) is 0 Å². The predicted octanol–water partition coefficient (Wildman–Crippen LogP) is 2.09. The van der Waals surface area contributed by atoms with Gasteiger partial charge in [-0.25, -0.2) is 12.7 Å². The van der Waals surface area contributed by atoms with Crippen LogP contribution in [-0.4, -0.2) is 48.8 Å². The van der Waals surface area contributed by atoms with Crippen LogP contribution in [0.15, 0.2) is 0 Å². The van der Waals surface area contributed by atoms with Crippen molar-refractivity contribution in [1.29, 1.82) is 0 Å². The van der Waals surface area contributed by atoms with Crippen molar-refractivity contribution in [3.63, 3.8) is 0 Å². The summed E-state index contributed by atoms with van der Waals surface area (Å²) in [5.41, 5.74) is 0. The third kappa shape index (κ3) is 3.92. The molecule has 2 atom stereocenters. The van der Waals surface area contributed by atoms with Crippen molar-refractivity contribution in [2.45, 2.75) is 38.3 Å². The van der Waals surface area contributed by atoms with E-state index in [1.165, 1.54) is 0 Å². The standard InChI is InChI=1S/C13H20F3NO4S/c14-13(15,16)11-7-17(6-10(11)12(18)19)22(20,21)8-9-4-2-1-3-5-9/h9-11H,1-8H2,(H,18,19)/t10-,11-/m1/s1. The van der Waals surface area contributed by atoms with Crippen molar-refractivity contribution in [1.82, 2.24) is 4.31 Å². The molecule has 1 heterocycles. The molecule has 128 valence electrons. The van der Waals surface area contributed by atoms with Crippen LogP contribution < -0.4 is 0 Å². The topological polar surface area (TPSA) is 74.7 Å². The Balaban J connectivity index is 2.09. The summed E-state index contributed by atoms with van der Waals surface area (Å²) >= 11 is 0. The molecule has 1 saturated heterocycles. The highest BCUT2D eigenvalue weighted by atomic mass is 32.2. The lowest BCUT2D eigenvalue weighted by atomic mass is 9.91. The van der Waals surface area contributed by atoms with Gasteiger partial charge in [0.1, 0.15) is 0 Å². The highest BCUT2D eigenvalue weighted by Crippen LogP contribution is 2.39. The molecule has 22 heavy (non-hydrogen) atoms. The lowest BCUT2D eigenvalue weighted by molar-refractivity contribution is -0.187. The van der Waals surface area contributed by atoms with Gasteiger partial charge in [0.2, 0.25) is 10.0 Å². The van der Waals surface area contributed by atoms with Gasteiger partial charge in [0.25, 0.3) is 0 Å². The van der Waals surface area contributed by atoms with Gasteiger partial charge in [0.05, 0.1) is 17.6 Å². The first kappa shape index (κ1) is 17.5. The van der Waals surface area contributed by atoms with Gasteiger partial charge in [-0.1, -0.05) is 19.3 Å². The van der Waals surface area contributed by atoms with Crippen LogP contribution >= 0.6 is 0 Å². The minimum Gasteiger partial charge on any atom is -0.481 e. The highest BCUT2D eigenvalue weighted by Gasteiger charge is 2.54.